The molecular formula is C15H26O2. The van der Waals surface area contributed by atoms with Gasteiger partial charge in [-0.2, -0.15) is 0 Å². The van der Waals surface area contributed by atoms with E-state index in [1.807, 2.05) is 39.0 Å². The van der Waals surface area contributed by atoms with Crippen molar-refractivity contribution in [3.05, 3.63) is 36.6 Å². The Morgan fingerprint density at radius 1 is 1.35 bits per heavy atom. The summed E-state index contributed by atoms with van der Waals surface area (Å²) >= 11 is 0. The lowest BCUT2D eigenvalue weighted by Gasteiger charge is -2.27. The van der Waals surface area contributed by atoms with Gasteiger partial charge in [0, 0.05) is 6.42 Å². The molecule has 0 aliphatic rings. The minimum Gasteiger partial charge on any atom is -0.488 e. The van der Waals surface area contributed by atoms with Gasteiger partial charge in [-0.3, -0.25) is 0 Å². The predicted molar refractivity (Wildman–Crippen MR) is 74.0 cm³/mol. The topological polar surface area (TPSA) is 18.5 Å². The molecule has 0 spiro atoms. The van der Waals surface area contributed by atoms with Crippen LogP contribution in [0.3, 0.4) is 0 Å². The Hall–Kier alpha value is -1.02. The highest BCUT2D eigenvalue weighted by atomic mass is 16.5. The maximum absolute atomic E-state index is 5.88. The summed E-state index contributed by atoms with van der Waals surface area (Å²) in [4.78, 5) is 0. The lowest BCUT2D eigenvalue weighted by molar-refractivity contribution is -0.00821. The van der Waals surface area contributed by atoms with Crippen LogP contribution in [-0.4, -0.2) is 18.3 Å². The van der Waals surface area contributed by atoms with Gasteiger partial charge in [-0.05, 0) is 46.8 Å². The lowest BCUT2D eigenvalue weighted by Crippen LogP contribution is -2.26. The maximum atomic E-state index is 5.88. The van der Waals surface area contributed by atoms with Crippen LogP contribution in [0.25, 0.3) is 0 Å². The SMILES string of the molecule is C=C/C(=C\C=C/C)OC(C)(C)CCOC(C)C. The Morgan fingerprint density at radius 3 is 2.47 bits per heavy atom. The number of ether oxygens (including phenoxy) is 2. The smallest absolute Gasteiger partial charge is 0.119 e. The van der Waals surface area contributed by atoms with E-state index >= 15 is 0 Å². The summed E-state index contributed by atoms with van der Waals surface area (Å²) in [6, 6.07) is 0. The van der Waals surface area contributed by atoms with E-state index < -0.39 is 0 Å². The number of hydrogen-bond acceptors (Lipinski definition) is 2. The van der Waals surface area contributed by atoms with Crippen LogP contribution in [-0.2, 0) is 9.47 Å². The van der Waals surface area contributed by atoms with E-state index in [4.69, 9.17) is 9.47 Å². The van der Waals surface area contributed by atoms with Crippen molar-refractivity contribution >= 4 is 0 Å². The molecule has 17 heavy (non-hydrogen) atoms. The fourth-order valence-electron chi connectivity index (χ4n) is 1.25. The van der Waals surface area contributed by atoms with Gasteiger partial charge in [0.25, 0.3) is 0 Å². The molecule has 0 aromatic rings. The molecule has 0 aliphatic carbocycles. The highest BCUT2D eigenvalue weighted by Gasteiger charge is 2.19. The van der Waals surface area contributed by atoms with Gasteiger partial charge in [-0.1, -0.05) is 18.7 Å². The maximum Gasteiger partial charge on any atom is 0.119 e. The highest BCUT2D eigenvalue weighted by molar-refractivity contribution is 5.16. The van der Waals surface area contributed by atoms with E-state index in [2.05, 4.69) is 20.4 Å². The minimum absolute atomic E-state index is 0.240. The molecule has 2 heteroatoms. The molecule has 0 heterocycles. The third-order valence-corrected chi connectivity index (χ3v) is 2.20. The quantitative estimate of drug-likeness (QED) is 0.465. The molecule has 98 valence electrons. The van der Waals surface area contributed by atoms with E-state index in [1.54, 1.807) is 6.08 Å². The lowest BCUT2D eigenvalue weighted by atomic mass is 10.1. The van der Waals surface area contributed by atoms with Crippen molar-refractivity contribution in [1.82, 2.24) is 0 Å². The van der Waals surface area contributed by atoms with E-state index in [0.29, 0.717) is 6.61 Å². The monoisotopic (exact) mass is 238 g/mol. The van der Waals surface area contributed by atoms with E-state index in [1.165, 1.54) is 0 Å². The van der Waals surface area contributed by atoms with Crippen LogP contribution in [0.2, 0.25) is 0 Å². The first-order valence-electron chi connectivity index (χ1n) is 6.17. The average Bonchev–Trinajstić information content (AvgIpc) is 2.23. The molecule has 0 aromatic carbocycles. The summed E-state index contributed by atoms with van der Waals surface area (Å²) < 4.78 is 11.4. The van der Waals surface area contributed by atoms with Crippen LogP contribution < -0.4 is 0 Å². The molecule has 0 unspecified atom stereocenters. The second kappa shape index (κ2) is 8.13. The zero-order chi connectivity index (χ0) is 13.3. The summed E-state index contributed by atoms with van der Waals surface area (Å²) in [5, 5.41) is 0. The van der Waals surface area contributed by atoms with E-state index in [0.717, 1.165) is 12.2 Å². The number of allylic oxidation sites excluding steroid dienone is 4. The molecule has 0 atom stereocenters. The first-order chi connectivity index (χ1) is 7.91. The fraction of sp³-hybridized carbons (Fsp3) is 0.600. The van der Waals surface area contributed by atoms with Crippen molar-refractivity contribution in [3.63, 3.8) is 0 Å². The van der Waals surface area contributed by atoms with E-state index in [-0.39, 0.29) is 11.7 Å². The number of hydrogen-bond donors (Lipinski definition) is 0. The third-order valence-electron chi connectivity index (χ3n) is 2.20. The van der Waals surface area contributed by atoms with Gasteiger partial charge in [-0.25, -0.2) is 0 Å². The Morgan fingerprint density at radius 2 is 2.00 bits per heavy atom. The van der Waals surface area contributed by atoms with Gasteiger partial charge in [0.1, 0.15) is 11.4 Å². The van der Waals surface area contributed by atoms with Crippen molar-refractivity contribution in [2.24, 2.45) is 0 Å². The second-order valence-electron chi connectivity index (χ2n) is 4.83. The van der Waals surface area contributed by atoms with Crippen LogP contribution in [0.1, 0.15) is 41.0 Å². The second-order valence-corrected chi connectivity index (χ2v) is 4.83. The molecule has 0 fully saturated rings. The fourth-order valence-corrected chi connectivity index (χ4v) is 1.25. The van der Waals surface area contributed by atoms with Gasteiger partial charge in [0.15, 0.2) is 0 Å². The standard InChI is InChI=1S/C15H26O2/c1-7-9-10-14(8-2)17-15(5,6)11-12-16-13(3)4/h7-10,13H,2,11-12H2,1,3-6H3/b9-7-,14-10+. The first-order valence-corrected chi connectivity index (χ1v) is 6.17. The average molecular weight is 238 g/mol. The predicted octanol–water partition coefficient (Wildman–Crippen LogP) is 4.24. The molecule has 0 amide bonds. The van der Waals surface area contributed by atoms with Crippen LogP contribution >= 0.6 is 0 Å². The first kappa shape index (κ1) is 16.0. The zero-order valence-electron chi connectivity index (χ0n) is 11.8. The Kier molecular flexibility index (Phi) is 7.64. The molecule has 0 aromatic heterocycles. The van der Waals surface area contributed by atoms with Crippen LogP contribution in [0.5, 0.6) is 0 Å². The zero-order valence-corrected chi connectivity index (χ0v) is 11.8. The number of rotatable bonds is 8. The van der Waals surface area contributed by atoms with Crippen LogP contribution in [0, 0.1) is 0 Å². The van der Waals surface area contributed by atoms with Crippen molar-refractivity contribution in [2.75, 3.05) is 6.61 Å². The molecule has 0 saturated carbocycles. The minimum atomic E-state index is -0.240. The van der Waals surface area contributed by atoms with Crippen LogP contribution in [0.4, 0.5) is 0 Å². The van der Waals surface area contributed by atoms with Crippen molar-refractivity contribution in [2.45, 2.75) is 52.7 Å². The molecule has 0 radical (unpaired) electrons. The largest absolute Gasteiger partial charge is 0.488 e. The molecule has 0 bridgehead atoms. The molecular weight excluding hydrogens is 212 g/mol. The van der Waals surface area contributed by atoms with Crippen LogP contribution in [0.15, 0.2) is 36.6 Å². The van der Waals surface area contributed by atoms with Gasteiger partial charge >= 0.3 is 0 Å². The summed E-state index contributed by atoms with van der Waals surface area (Å²) in [6.07, 6.45) is 8.66. The van der Waals surface area contributed by atoms with Gasteiger partial charge in [-0.15, -0.1) is 0 Å². The summed E-state index contributed by atoms with van der Waals surface area (Å²) in [5.41, 5.74) is -0.240. The Labute approximate surface area is 106 Å². The summed E-state index contributed by atoms with van der Waals surface area (Å²) in [5.74, 6) is 0.789. The van der Waals surface area contributed by atoms with E-state index in [9.17, 15) is 0 Å². The normalized spacial score (nSPS) is 13.4. The van der Waals surface area contributed by atoms with Crippen molar-refractivity contribution in [3.8, 4) is 0 Å². The molecule has 0 N–H and O–H groups in total. The molecule has 0 rings (SSSR count). The van der Waals surface area contributed by atoms with Gasteiger partial charge in [0.2, 0.25) is 0 Å². The molecule has 2 nitrogen and oxygen atoms in total. The van der Waals surface area contributed by atoms with Crippen molar-refractivity contribution in [1.29, 1.82) is 0 Å². The van der Waals surface area contributed by atoms with Gasteiger partial charge < -0.3 is 9.47 Å². The van der Waals surface area contributed by atoms with Gasteiger partial charge in [0.05, 0.1) is 12.7 Å². The Balaban J connectivity index is 4.25. The molecule has 0 saturated heterocycles. The summed E-state index contributed by atoms with van der Waals surface area (Å²) in [6.45, 7) is 14.6. The Bertz CT molecular complexity index is 273. The highest BCUT2D eigenvalue weighted by Crippen LogP contribution is 2.19. The molecule has 0 aliphatic heterocycles. The summed E-state index contributed by atoms with van der Waals surface area (Å²) in [7, 11) is 0. The van der Waals surface area contributed by atoms with Crippen molar-refractivity contribution < 1.29 is 9.47 Å². The third kappa shape index (κ3) is 8.75.